The van der Waals surface area contributed by atoms with Crippen molar-refractivity contribution in [1.29, 1.82) is 0 Å². The highest BCUT2D eigenvalue weighted by Crippen LogP contribution is 2.30. The van der Waals surface area contributed by atoms with Crippen LogP contribution in [0.1, 0.15) is 37.6 Å². The van der Waals surface area contributed by atoms with Gasteiger partial charge in [0.15, 0.2) is 0 Å². The van der Waals surface area contributed by atoms with Gasteiger partial charge in [-0.25, -0.2) is 4.39 Å². The minimum atomic E-state index is -0.358. The number of aromatic nitrogens is 2. The Morgan fingerprint density at radius 1 is 1.27 bits per heavy atom. The van der Waals surface area contributed by atoms with Crippen LogP contribution in [0.5, 0.6) is 5.75 Å². The number of hydrogen-bond acceptors (Lipinski definition) is 5. The van der Waals surface area contributed by atoms with E-state index in [1.54, 1.807) is 17.0 Å². The van der Waals surface area contributed by atoms with Crippen LogP contribution in [-0.4, -0.2) is 33.6 Å². The van der Waals surface area contributed by atoms with E-state index in [0.29, 0.717) is 41.3 Å². The van der Waals surface area contributed by atoms with Crippen molar-refractivity contribution in [1.82, 2.24) is 15.0 Å². The first kappa shape index (κ1) is 20.5. The van der Waals surface area contributed by atoms with Gasteiger partial charge in [0, 0.05) is 25.1 Å². The van der Waals surface area contributed by atoms with Crippen LogP contribution in [0.15, 0.2) is 51.5 Å². The van der Waals surface area contributed by atoms with Gasteiger partial charge in [0.2, 0.25) is 17.6 Å². The molecule has 1 saturated heterocycles. The topological polar surface area (TPSA) is 68.5 Å². The summed E-state index contributed by atoms with van der Waals surface area (Å²) < 4.78 is 24.8. The van der Waals surface area contributed by atoms with E-state index in [9.17, 15) is 9.18 Å². The van der Waals surface area contributed by atoms with Crippen LogP contribution in [0.2, 0.25) is 0 Å². The Balaban J connectivity index is 1.42. The molecule has 1 amide bonds. The van der Waals surface area contributed by atoms with E-state index in [4.69, 9.17) is 9.26 Å². The second-order valence-corrected chi connectivity index (χ2v) is 8.43. The Bertz CT molecular complexity index is 1050. The van der Waals surface area contributed by atoms with Crippen molar-refractivity contribution < 1.29 is 18.4 Å². The molecule has 8 heteroatoms. The lowest BCUT2D eigenvalue weighted by Crippen LogP contribution is -2.24. The Kier molecular flexibility index (Phi) is 5.85. The van der Waals surface area contributed by atoms with Crippen LogP contribution in [0.25, 0.3) is 11.4 Å². The van der Waals surface area contributed by atoms with Crippen LogP contribution < -0.4 is 4.74 Å². The summed E-state index contributed by atoms with van der Waals surface area (Å²) in [4.78, 5) is 18.7. The fourth-order valence-corrected chi connectivity index (χ4v) is 3.79. The van der Waals surface area contributed by atoms with E-state index in [0.717, 1.165) is 11.3 Å². The van der Waals surface area contributed by atoms with E-state index in [1.165, 1.54) is 6.07 Å². The molecule has 0 saturated carbocycles. The van der Waals surface area contributed by atoms with Gasteiger partial charge in [0.25, 0.3) is 0 Å². The third-order valence-corrected chi connectivity index (χ3v) is 5.46. The summed E-state index contributed by atoms with van der Waals surface area (Å²) in [6.07, 6.45) is 0.440. The van der Waals surface area contributed by atoms with E-state index in [2.05, 4.69) is 26.1 Å². The number of halogens is 2. The summed E-state index contributed by atoms with van der Waals surface area (Å²) in [7, 11) is 0. The second-order valence-electron chi connectivity index (χ2n) is 7.57. The minimum absolute atomic E-state index is 0.0479. The van der Waals surface area contributed by atoms with Crippen LogP contribution in [0, 0.1) is 5.82 Å². The molecule has 30 heavy (non-hydrogen) atoms. The molecule has 3 aromatic rings. The van der Waals surface area contributed by atoms with Crippen LogP contribution >= 0.6 is 15.9 Å². The standard InChI is InChI=1S/C22H21BrFN3O3/c1-13(2)29-17-6-3-14(4-7-17)11-27-12-16(10-20(27)28)22-25-21(26-30-22)15-5-8-19(24)18(23)9-15/h3-9,13,16H,10-12H2,1-2H3. The van der Waals surface area contributed by atoms with Crippen molar-refractivity contribution in [3.63, 3.8) is 0 Å². The van der Waals surface area contributed by atoms with Gasteiger partial charge in [0.1, 0.15) is 11.6 Å². The predicted octanol–water partition coefficient (Wildman–Crippen LogP) is 4.94. The number of carbonyl (C=O) groups excluding carboxylic acids is 1. The van der Waals surface area contributed by atoms with Gasteiger partial charge in [0.05, 0.1) is 16.5 Å². The molecule has 2 aromatic carbocycles. The van der Waals surface area contributed by atoms with Crippen molar-refractivity contribution in [2.45, 2.75) is 38.8 Å². The predicted molar refractivity (Wildman–Crippen MR) is 112 cm³/mol. The monoisotopic (exact) mass is 473 g/mol. The second kappa shape index (κ2) is 8.55. The van der Waals surface area contributed by atoms with Crippen molar-refractivity contribution in [2.24, 2.45) is 0 Å². The number of nitrogens with zero attached hydrogens (tertiary/aromatic N) is 3. The van der Waals surface area contributed by atoms with E-state index in [-0.39, 0.29) is 23.7 Å². The van der Waals surface area contributed by atoms with Crippen molar-refractivity contribution in [3.8, 4) is 17.1 Å². The number of amides is 1. The average Bonchev–Trinajstić information content (AvgIpc) is 3.33. The van der Waals surface area contributed by atoms with E-state index in [1.807, 2.05) is 38.1 Å². The van der Waals surface area contributed by atoms with Crippen molar-refractivity contribution in [3.05, 3.63) is 64.2 Å². The lowest BCUT2D eigenvalue weighted by Gasteiger charge is -2.16. The lowest BCUT2D eigenvalue weighted by molar-refractivity contribution is -0.128. The maximum atomic E-state index is 13.4. The third kappa shape index (κ3) is 4.53. The maximum absolute atomic E-state index is 13.4. The molecule has 1 aromatic heterocycles. The number of benzene rings is 2. The molecule has 1 aliphatic rings. The number of carbonyl (C=O) groups is 1. The zero-order chi connectivity index (χ0) is 21.3. The molecule has 156 valence electrons. The number of rotatable bonds is 6. The summed E-state index contributed by atoms with van der Waals surface area (Å²) in [6.45, 7) is 4.99. The maximum Gasteiger partial charge on any atom is 0.232 e. The molecular formula is C22H21BrFN3O3. The molecule has 1 atom stereocenters. The molecule has 6 nitrogen and oxygen atoms in total. The Morgan fingerprint density at radius 2 is 2.03 bits per heavy atom. The zero-order valence-corrected chi connectivity index (χ0v) is 18.2. The van der Waals surface area contributed by atoms with Crippen molar-refractivity contribution in [2.75, 3.05) is 6.54 Å². The first-order valence-corrected chi connectivity index (χ1v) is 10.5. The SMILES string of the molecule is CC(C)Oc1ccc(CN2CC(c3nc(-c4ccc(F)c(Br)c4)no3)CC2=O)cc1. The quantitative estimate of drug-likeness (QED) is 0.506. The minimum Gasteiger partial charge on any atom is -0.491 e. The molecule has 0 N–H and O–H groups in total. The van der Waals surface area contributed by atoms with E-state index < -0.39 is 0 Å². The van der Waals surface area contributed by atoms with Gasteiger partial charge >= 0.3 is 0 Å². The highest BCUT2D eigenvalue weighted by Gasteiger charge is 2.34. The van der Waals surface area contributed by atoms with Gasteiger partial charge in [-0.3, -0.25) is 4.79 Å². The molecule has 2 heterocycles. The highest BCUT2D eigenvalue weighted by atomic mass is 79.9. The number of likely N-dealkylation sites (tertiary alicyclic amines) is 1. The lowest BCUT2D eigenvalue weighted by atomic mass is 10.1. The third-order valence-electron chi connectivity index (χ3n) is 4.85. The number of hydrogen-bond donors (Lipinski definition) is 0. The molecule has 0 aliphatic carbocycles. The molecule has 4 rings (SSSR count). The van der Waals surface area contributed by atoms with Gasteiger partial charge < -0.3 is 14.2 Å². The Morgan fingerprint density at radius 3 is 2.73 bits per heavy atom. The fourth-order valence-electron chi connectivity index (χ4n) is 3.41. The van der Waals surface area contributed by atoms with Crippen LogP contribution in [0.3, 0.4) is 0 Å². The summed E-state index contributed by atoms with van der Waals surface area (Å²) >= 11 is 3.16. The van der Waals surface area contributed by atoms with Crippen LogP contribution in [0.4, 0.5) is 4.39 Å². The first-order valence-electron chi connectivity index (χ1n) is 9.71. The Hall–Kier alpha value is -2.74. The average molecular weight is 474 g/mol. The largest absolute Gasteiger partial charge is 0.491 e. The highest BCUT2D eigenvalue weighted by molar-refractivity contribution is 9.10. The molecular weight excluding hydrogens is 453 g/mol. The van der Waals surface area contributed by atoms with Gasteiger partial charge in [-0.05, 0) is 65.7 Å². The molecule has 0 spiro atoms. The molecule has 1 unspecified atom stereocenters. The smallest absolute Gasteiger partial charge is 0.232 e. The normalized spacial score (nSPS) is 16.5. The fraction of sp³-hybridized carbons (Fsp3) is 0.318. The molecule has 1 fully saturated rings. The first-order chi connectivity index (χ1) is 14.4. The summed E-state index contributed by atoms with van der Waals surface area (Å²) in [6, 6.07) is 12.3. The van der Waals surface area contributed by atoms with Gasteiger partial charge in [-0.2, -0.15) is 4.98 Å². The zero-order valence-electron chi connectivity index (χ0n) is 16.6. The van der Waals surface area contributed by atoms with Gasteiger partial charge in [-0.15, -0.1) is 0 Å². The van der Waals surface area contributed by atoms with Crippen LogP contribution in [-0.2, 0) is 11.3 Å². The van der Waals surface area contributed by atoms with E-state index >= 15 is 0 Å². The summed E-state index contributed by atoms with van der Waals surface area (Å²) in [5.41, 5.74) is 1.67. The van der Waals surface area contributed by atoms with Gasteiger partial charge in [-0.1, -0.05) is 17.3 Å². The summed E-state index contributed by atoms with van der Waals surface area (Å²) in [5, 5.41) is 4.00. The van der Waals surface area contributed by atoms with Crippen molar-refractivity contribution >= 4 is 21.8 Å². The molecule has 0 radical (unpaired) electrons. The Labute approximate surface area is 182 Å². The summed E-state index contributed by atoms with van der Waals surface area (Å²) in [5.74, 6) is 1.13. The molecule has 1 aliphatic heterocycles. The molecule has 0 bridgehead atoms. The number of ether oxygens (including phenoxy) is 1.